The van der Waals surface area contributed by atoms with Crippen molar-refractivity contribution < 1.29 is 4.79 Å². The van der Waals surface area contributed by atoms with Gasteiger partial charge in [-0.15, -0.1) is 0 Å². The molecule has 0 bridgehead atoms. The Kier molecular flexibility index (Phi) is 6.76. The smallest absolute Gasteiger partial charge is 0.251 e. The number of aryl methyl sites for hydroxylation is 1. The number of hydrogen-bond donors (Lipinski definition) is 2. The maximum Gasteiger partial charge on any atom is 0.251 e. The largest absolute Gasteiger partial charge is 0.352 e. The van der Waals surface area contributed by atoms with E-state index < -0.39 is 0 Å². The molecular formula is C20H30N4O. The molecular weight excluding hydrogens is 312 g/mol. The van der Waals surface area contributed by atoms with Gasteiger partial charge in [-0.25, -0.2) is 0 Å². The van der Waals surface area contributed by atoms with Crippen molar-refractivity contribution in [2.75, 3.05) is 6.54 Å². The Balaban J connectivity index is 1.92. The molecule has 5 nitrogen and oxygen atoms in total. The molecule has 0 aliphatic carbocycles. The summed E-state index contributed by atoms with van der Waals surface area (Å²) in [4.78, 5) is 12.2. The molecule has 0 spiro atoms. The van der Waals surface area contributed by atoms with E-state index in [4.69, 9.17) is 0 Å². The van der Waals surface area contributed by atoms with E-state index in [1.165, 1.54) is 5.56 Å². The van der Waals surface area contributed by atoms with Crippen molar-refractivity contribution >= 4 is 5.91 Å². The second-order valence-electron chi connectivity index (χ2n) is 7.21. The van der Waals surface area contributed by atoms with Gasteiger partial charge in [-0.05, 0) is 49.9 Å². The van der Waals surface area contributed by atoms with Gasteiger partial charge in [0, 0.05) is 30.9 Å². The van der Waals surface area contributed by atoms with E-state index in [1.54, 1.807) is 0 Å². The summed E-state index contributed by atoms with van der Waals surface area (Å²) in [6.45, 7) is 11.9. The second-order valence-corrected chi connectivity index (χ2v) is 7.21. The number of amides is 1. The minimum atomic E-state index is -0.0102. The first kappa shape index (κ1) is 19.2. The van der Waals surface area contributed by atoms with Gasteiger partial charge in [0.15, 0.2) is 0 Å². The summed E-state index contributed by atoms with van der Waals surface area (Å²) in [5.41, 5.74) is 2.98. The van der Waals surface area contributed by atoms with Crippen LogP contribution in [0.2, 0.25) is 0 Å². The molecule has 0 fully saturated rings. The summed E-state index contributed by atoms with van der Waals surface area (Å²) >= 11 is 0. The minimum Gasteiger partial charge on any atom is -0.352 e. The highest BCUT2D eigenvalue weighted by molar-refractivity contribution is 5.94. The fourth-order valence-corrected chi connectivity index (χ4v) is 2.56. The van der Waals surface area contributed by atoms with Crippen molar-refractivity contribution in [2.24, 2.45) is 5.92 Å². The van der Waals surface area contributed by atoms with E-state index in [-0.39, 0.29) is 18.0 Å². The molecule has 2 aromatic rings. The SMILES string of the molecule is Cc1cnn(C(C)C(C)NCc2cccc(C(=O)NCC(C)C)c2)c1. The van der Waals surface area contributed by atoms with E-state index >= 15 is 0 Å². The van der Waals surface area contributed by atoms with Gasteiger partial charge < -0.3 is 10.6 Å². The van der Waals surface area contributed by atoms with Gasteiger partial charge in [0.1, 0.15) is 0 Å². The second kappa shape index (κ2) is 8.81. The Hall–Kier alpha value is -2.14. The number of carbonyl (C=O) groups excluding carboxylic acids is 1. The highest BCUT2D eigenvalue weighted by atomic mass is 16.1. The lowest BCUT2D eigenvalue weighted by atomic mass is 10.1. The molecule has 1 heterocycles. The van der Waals surface area contributed by atoms with Crippen molar-refractivity contribution in [1.82, 2.24) is 20.4 Å². The van der Waals surface area contributed by atoms with Crippen LogP contribution in [0, 0.1) is 12.8 Å². The maximum atomic E-state index is 12.2. The number of rotatable bonds is 8. The molecule has 5 heteroatoms. The minimum absolute atomic E-state index is 0.0102. The summed E-state index contributed by atoms with van der Waals surface area (Å²) in [5.74, 6) is 0.436. The lowest BCUT2D eigenvalue weighted by Crippen LogP contribution is -2.33. The first-order chi connectivity index (χ1) is 11.9. The zero-order valence-corrected chi connectivity index (χ0v) is 15.9. The Morgan fingerprint density at radius 3 is 2.64 bits per heavy atom. The van der Waals surface area contributed by atoms with Crippen molar-refractivity contribution in [3.8, 4) is 0 Å². The van der Waals surface area contributed by atoms with Crippen molar-refractivity contribution in [3.63, 3.8) is 0 Å². The molecule has 2 unspecified atom stereocenters. The first-order valence-electron chi connectivity index (χ1n) is 8.98. The highest BCUT2D eigenvalue weighted by Crippen LogP contribution is 2.12. The molecule has 1 aromatic carbocycles. The number of carbonyl (C=O) groups is 1. The van der Waals surface area contributed by atoms with Crippen LogP contribution in [0.1, 0.15) is 55.2 Å². The summed E-state index contributed by atoms with van der Waals surface area (Å²) in [7, 11) is 0. The molecule has 2 N–H and O–H groups in total. The summed E-state index contributed by atoms with van der Waals surface area (Å²) < 4.78 is 1.99. The quantitative estimate of drug-likeness (QED) is 0.774. The molecule has 0 radical (unpaired) electrons. The Morgan fingerprint density at radius 1 is 1.24 bits per heavy atom. The zero-order valence-electron chi connectivity index (χ0n) is 15.9. The molecule has 0 saturated heterocycles. The van der Waals surface area contributed by atoms with E-state index in [0.717, 1.165) is 12.1 Å². The fraction of sp³-hybridized carbons (Fsp3) is 0.500. The van der Waals surface area contributed by atoms with Gasteiger partial charge in [-0.2, -0.15) is 5.10 Å². The first-order valence-corrected chi connectivity index (χ1v) is 8.98. The fourth-order valence-electron chi connectivity index (χ4n) is 2.56. The van der Waals surface area contributed by atoms with Crippen LogP contribution in [0.15, 0.2) is 36.7 Å². The number of nitrogens with one attached hydrogen (secondary N) is 2. The topological polar surface area (TPSA) is 59.0 Å². The predicted molar refractivity (Wildman–Crippen MR) is 102 cm³/mol. The number of nitrogens with zero attached hydrogens (tertiary/aromatic N) is 2. The third-order valence-electron chi connectivity index (χ3n) is 4.36. The summed E-state index contributed by atoms with van der Waals surface area (Å²) in [6, 6.07) is 8.31. The van der Waals surface area contributed by atoms with Crippen LogP contribution < -0.4 is 10.6 Å². The van der Waals surface area contributed by atoms with E-state index in [1.807, 2.05) is 42.1 Å². The summed E-state index contributed by atoms with van der Waals surface area (Å²) in [5, 5.41) is 10.9. The number of benzene rings is 1. The average molecular weight is 342 g/mol. The maximum absolute atomic E-state index is 12.2. The van der Waals surface area contributed by atoms with E-state index in [9.17, 15) is 4.79 Å². The van der Waals surface area contributed by atoms with Gasteiger partial charge >= 0.3 is 0 Å². The summed E-state index contributed by atoms with van der Waals surface area (Å²) in [6.07, 6.45) is 3.94. The Morgan fingerprint density at radius 2 is 2.00 bits per heavy atom. The molecule has 1 aromatic heterocycles. The van der Waals surface area contributed by atoms with E-state index in [0.29, 0.717) is 18.0 Å². The molecule has 25 heavy (non-hydrogen) atoms. The van der Waals surface area contributed by atoms with Crippen LogP contribution in [0.5, 0.6) is 0 Å². The van der Waals surface area contributed by atoms with Crippen LogP contribution in [-0.4, -0.2) is 28.3 Å². The zero-order chi connectivity index (χ0) is 18.4. The highest BCUT2D eigenvalue weighted by Gasteiger charge is 2.14. The molecule has 0 aliphatic heterocycles. The van der Waals surface area contributed by atoms with Gasteiger partial charge in [-0.3, -0.25) is 9.48 Å². The van der Waals surface area contributed by atoms with Crippen LogP contribution in [0.3, 0.4) is 0 Å². The van der Waals surface area contributed by atoms with Gasteiger partial charge in [-0.1, -0.05) is 26.0 Å². The molecule has 2 rings (SSSR count). The molecule has 0 saturated carbocycles. The van der Waals surface area contributed by atoms with Gasteiger partial charge in [0.25, 0.3) is 5.91 Å². The normalized spacial score (nSPS) is 13.7. The van der Waals surface area contributed by atoms with Gasteiger partial charge in [0.05, 0.1) is 12.2 Å². The van der Waals surface area contributed by atoms with Crippen LogP contribution >= 0.6 is 0 Å². The van der Waals surface area contributed by atoms with Crippen LogP contribution in [0.4, 0.5) is 0 Å². The average Bonchev–Trinajstić information content (AvgIpc) is 3.03. The van der Waals surface area contributed by atoms with E-state index in [2.05, 4.69) is 49.6 Å². The van der Waals surface area contributed by atoms with Crippen molar-refractivity contribution in [1.29, 1.82) is 0 Å². The van der Waals surface area contributed by atoms with Crippen LogP contribution in [0.25, 0.3) is 0 Å². The standard InChI is InChI=1S/C20H30N4O/c1-14(2)10-22-20(25)19-8-6-7-18(9-19)12-21-16(4)17(5)24-13-15(3)11-23-24/h6-9,11,13-14,16-17,21H,10,12H2,1-5H3,(H,22,25). The molecule has 136 valence electrons. The third-order valence-corrected chi connectivity index (χ3v) is 4.36. The molecule has 0 aliphatic rings. The van der Waals surface area contributed by atoms with Crippen LogP contribution in [-0.2, 0) is 6.54 Å². The lowest BCUT2D eigenvalue weighted by Gasteiger charge is -2.22. The lowest BCUT2D eigenvalue weighted by molar-refractivity contribution is 0.0949. The number of hydrogen-bond acceptors (Lipinski definition) is 3. The Labute approximate surface area is 150 Å². The van der Waals surface area contributed by atoms with Crippen molar-refractivity contribution in [3.05, 3.63) is 53.3 Å². The van der Waals surface area contributed by atoms with Crippen molar-refractivity contribution in [2.45, 2.75) is 53.2 Å². The Bertz CT molecular complexity index is 693. The molecule has 2 atom stereocenters. The monoisotopic (exact) mass is 342 g/mol. The third kappa shape index (κ3) is 5.71. The number of aromatic nitrogens is 2. The predicted octanol–water partition coefficient (Wildman–Crippen LogP) is 3.32. The van der Waals surface area contributed by atoms with Gasteiger partial charge in [0.2, 0.25) is 0 Å². The molecule has 1 amide bonds.